The average Bonchev–Trinajstić information content (AvgIpc) is 3.45. The van der Waals surface area contributed by atoms with Gasteiger partial charge in [-0.15, -0.1) is 0 Å². The number of hydrogen-bond donors (Lipinski definition) is 2. The van der Waals surface area contributed by atoms with E-state index in [1.54, 1.807) is 12.1 Å². The normalized spacial score (nSPS) is 16.9. The zero-order valence-electron chi connectivity index (χ0n) is 16.2. The van der Waals surface area contributed by atoms with Crippen molar-refractivity contribution in [3.63, 3.8) is 0 Å². The molecule has 9 nitrogen and oxygen atoms in total. The van der Waals surface area contributed by atoms with Crippen molar-refractivity contribution >= 4 is 27.7 Å². The molecule has 1 aromatic carbocycles. The zero-order valence-corrected chi connectivity index (χ0v) is 17.0. The topological polar surface area (TPSA) is 119 Å². The molecule has 0 atom stereocenters. The molecular formula is C19H22N4O5S. The van der Waals surface area contributed by atoms with Crippen LogP contribution in [-0.4, -0.2) is 43.2 Å². The number of sulfonamides is 1. The minimum atomic E-state index is -3.78. The lowest BCUT2D eigenvalue weighted by Gasteiger charge is -2.13. The molecule has 1 saturated carbocycles. The summed E-state index contributed by atoms with van der Waals surface area (Å²) in [6.07, 6.45) is 2.28. The van der Waals surface area contributed by atoms with Gasteiger partial charge >= 0.3 is 0 Å². The van der Waals surface area contributed by atoms with Gasteiger partial charge in [0.05, 0.1) is 12.8 Å². The Morgan fingerprint density at radius 2 is 2.03 bits per heavy atom. The highest BCUT2D eigenvalue weighted by molar-refractivity contribution is 7.89. The standard InChI is InChI=1S/C19H22N4O5S/c1-3-13-18(19-20-16(24)8-9-17(25)23(19)21-13)11-4-7-14(28-2)15(10-11)29(26,27)22-12-5-6-12/h4,7,10,12,22H,3,5-6,8-9H2,1-2H3,(H,20,24). The van der Waals surface area contributed by atoms with Crippen LogP contribution in [0.2, 0.25) is 0 Å². The number of nitrogens with zero attached hydrogens (tertiary/aromatic N) is 2. The second-order valence-corrected chi connectivity index (χ2v) is 8.82. The van der Waals surface area contributed by atoms with Gasteiger partial charge in [-0.3, -0.25) is 9.59 Å². The third-order valence-corrected chi connectivity index (χ3v) is 6.54. The number of nitrogens with one attached hydrogen (secondary N) is 2. The molecule has 2 aliphatic rings. The first kappa shape index (κ1) is 19.6. The summed E-state index contributed by atoms with van der Waals surface area (Å²) in [5.74, 6) is -0.0648. The Morgan fingerprint density at radius 1 is 1.28 bits per heavy atom. The van der Waals surface area contributed by atoms with E-state index in [1.807, 2.05) is 6.92 Å². The van der Waals surface area contributed by atoms with Crippen LogP contribution in [0.5, 0.6) is 5.75 Å². The van der Waals surface area contributed by atoms with Gasteiger partial charge in [0, 0.05) is 24.4 Å². The van der Waals surface area contributed by atoms with Gasteiger partial charge < -0.3 is 10.1 Å². The van der Waals surface area contributed by atoms with Crippen LogP contribution in [0, 0.1) is 0 Å². The quantitative estimate of drug-likeness (QED) is 0.740. The molecule has 154 valence electrons. The second-order valence-electron chi connectivity index (χ2n) is 7.14. The number of amides is 1. The lowest BCUT2D eigenvalue weighted by molar-refractivity contribution is -0.116. The van der Waals surface area contributed by atoms with E-state index in [1.165, 1.54) is 17.9 Å². The Balaban J connectivity index is 1.88. The molecule has 0 bridgehead atoms. The van der Waals surface area contributed by atoms with Gasteiger partial charge in [-0.2, -0.15) is 9.78 Å². The molecule has 0 radical (unpaired) electrons. The van der Waals surface area contributed by atoms with E-state index < -0.39 is 10.0 Å². The Bertz CT molecular complexity index is 1100. The number of methoxy groups -OCH3 is 1. The first-order valence-electron chi connectivity index (χ1n) is 9.49. The van der Waals surface area contributed by atoms with Gasteiger partial charge in [0.15, 0.2) is 0 Å². The maximum atomic E-state index is 12.9. The van der Waals surface area contributed by atoms with E-state index >= 15 is 0 Å². The predicted octanol–water partition coefficient (Wildman–Crippen LogP) is 1.93. The molecular weight excluding hydrogens is 396 g/mol. The molecule has 29 heavy (non-hydrogen) atoms. The molecule has 1 fully saturated rings. The van der Waals surface area contributed by atoms with Crippen LogP contribution in [0.1, 0.15) is 43.1 Å². The maximum absolute atomic E-state index is 12.9. The molecule has 1 aliphatic carbocycles. The SMILES string of the molecule is CCc1nn2c(c1-c1ccc(OC)c(S(=O)(=O)NC3CC3)c1)NC(=O)CCC2=O. The Labute approximate surface area is 168 Å². The molecule has 1 amide bonds. The van der Waals surface area contributed by atoms with Crippen LogP contribution in [0.15, 0.2) is 23.1 Å². The second kappa shape index (κ2) is 7.27. The molecule has 0 spiro atoms. The number of aromatic nitrogens is 2. The Morgan fingerprint density at radius 3 is 2.69 bits per heavy atom. The number of anilines is 1. The number of ether oxygens (including phenoxy) is 1. The van der Waals surface area contributed by atoms with Crippen molar-refractivity contribution in [3.8, 4) is 16.9 Å². The monoisotopic (exact) mass is 418 g/mol. The third kappa shape index (κ3) is 3.65. The number of carbonyl (C=O) groups is 2. The van der Waals surface area contributed by atoms with E-state index in [-0.39, 0.29) is 47.2 Å². The highest BCUT2D eigenvalue weighted by atomic mass is 32.2. The summed E-state index contributed by atoms with van der Waals surface area (Å²) in [7, 11) is -2.37. The van der Waals surface area contributed by atoms with Crippen LogP contribution in [0.25, 0.3) is 11.1 Å². The number of rotatable bonds is 6. The van der Waals surface area contributed by atoms with E-state index in [2.05, 4.69) is 15.1 Å². The van der Waals surface area contributed by atoms with Gasteiger partial charge in [0.2, 0.25) is 21.8 Å². The van der Waals surface area contributed by atoms with Crippen LogP contribution in [0.3, 0.4) is 0 Å². The molecule has 2 aromatic rings. The molecule has 10 heteroatoms. The maximum Gasteiger partial charge on any atom is 0.249 e. The van der Waals surface area contributed by atoms with Crippen molar-refractivity contribution in [2.24, 2.45) is 0 Å². The third-order valence-electron chi connectivity index (χ3n) is 4.99. The molecule has 1 aromatic heterocycles. The summed E-state index contributed by atoms with van der Waals surface area (Å²) in [5.41, 5.74) is 1.68. The van der Waals surface area contributed by atoms with Gasteiger partial charge in [0.1, 0.15) is 16.5 Å². The minimum Gasteiger partial charge on any atom is -0.495 e. The summed E-state index contributed by atoms with van der Waals surface area (Å²) < 4.78 is 34.8. The Hall–Kier alpha value is -2.72. The van der Waals surface area contributed by atoms with Crippen molar-refractivity contribution in [1.82, 2.24) is 14.5 Å². The van der Waals surface area contributed by atoms with E-state index in [4.69, 9.17) is 4.74 Å². The zero-order chi connectivity index (χ0) is 20.8. The highest BCUT2D eigenvalue weighted by Crippen LogP contribution is 2.37. The van der Waals surface area contributed by atoms with Crippen molar-refractivity contribution in [1.29, 1.82) is 0 Å². The average molecular weight is 418 g/mol. The van der Waals surface area contributed by atoms with Gasteiger partial charge in [-0.25, -0.2) is 13.1 Å². The largest absolute Gasteiger partial charge is 0.495 e. The summed E-state index contributed by atoms with van der Waals surface area (Å²) in [6.45, 7) is 1.88. The first-order valence-corrected chi connectivity index (χ1v) is 11.0. The van der Waals surface area contributed by atoms with Crippen molar-refractivity contribution in [3.05, 3.63) is 23.9 Å². The minimum absolute atomic E-state index is 0.0117. The summed E-state index contributed by atoms with van der Waals surface area (Å²) >= 11 is 0. The van der Waals surface area contributed by atoms with Crippen molar-refractivity contribution < 1.29 is 22.7 Å². The van der Waals surface area contributed by atoms with Crippen molar-refractivity contribution in [2.75, 3.05) is 12.4 Å². The van der Waals surface area contributed by atoms with E-state index in [0.29, 0.717) is 23.2 Å². The fourth-order valence-corrected chi connectivity index (χ4v) is 4.86. The molecule has 4 rings (SSSR count). The lowest BCUT2D eigenvalue weighted by atomic mass is 10.0. The molecule has 2 N–H and O–H groups in total. The fourth-order valence-electron chi connectivity index (χ4n) is 3.36. The number of hydrogen-bond acceptors (Lipinski definition) is 6. The molecule has 0 unspecified atom stereocenters. The summed E-state index contributed by atoms with van der Waals surface area (Å²) in [5, 5.41) is 7.12. The highest BCUT2D eigenvalue weighted by Gasteiger charge is 2.32. The van der Waals surface area contributed by atoms with Crippen LogP contribution < -0.4 is 14.8 Å². The molecule has 1 aliphatic heterocycles. The lowest BCUT2D eigenvalue weighted by Crippen LogP contribution is -2.26. The smallest absolute Gasteiger partial charge is 0.249 e. The van der Waals surface area contributed by atoms with Gasteiger partial charge in [-0.05, 0) is 37.0 Å². The number of benzene rings is 1. The summed E-state index contributed by atoms with van der Waals surface area (Å²) in [6, 6.07) is 4.72. The predicted molar refractivity (Wildman–Crippen MR) is 105 cm³/mol. The van der Waals surface area contributed by atoms with Crippen LogP contribution >= 0.6 is 0 Å². The van der Waals surface area contributed by atoms with Crippen LogP contribution in [-0.2, 0) is 21.2 Å². The van der Waals surface area contributed by atoms with E-state index in [9.17, 15) is 18.0 Å². The number of aryl methyl sites for hydroxylation is 1. The van der Waals surface area contributed by atoms with Crippen LogP contribution in [0.4, 0.5) is 5.82 Å². The van der Waals surface area contributed by atoms with Gasteiger partial charge in [0.25, 0.3) is 0 Å². The number of carbonyl (C=O) groups excluding carboxylic acids is 2. The van der Waals surface area contributed by atoms with Gasteiger partial charge in [-0.1, -0.05) is 13.0 Å². The first-order chi connectivity index (χ1) is 13.8. The van der Waals surface area contributed by atoms with E-state index in [0.717, 1.165) is 12.8 Å². The summed E-state index contributed by atoms with van der Waals surface area (Å²) in [4.78, 5) is 24.5. The molecule has 0 saturated heterocycles. The van der Waals surface area contributed by atoms with Crippen molar-refractivity contribution in [2.45, 2.75) is 50.0 Å². The Kier molecular flexibility index (Phi) is 4.91. The fraction of sp³-hybridized carbons (Fsp3) is 0.421. The molecule has 2 heterocycles. The number of fused-ring (bicyclic) bond motifs is 1.